The van der Waals surface area contributed by atoms with E-state index >= 15 is 0 Å². The average molecular weight is 323 g/mol. The molecule has 0 saturated carbocycles. The van der Waals surface area contributed by atoms with Crippen molar-refractivity contribution in [2.45, 2.75) is 0 Å². The van der Waals surface area contributed by atoms with Crippen LogP contribution in [0.5, 0.6) is 0 Å². The van der Waals surface area contributed by atoms with Crippen molar-refractivity contribution in [3.63, 3.8) is 0 Å². The fraction of sp³-hybridized carbons (Fsp3) is 0. The summed E-state index contributed by atoms with van der Waals surface area (Å²) in [7, 11) is 0. The van der Waals surface area contributed by atoms with E-state index in [0.29, 0.717) is 0 Å². The van der Waals surface area contributed by atoms with Crippen molar-refractivity contribution in [2.75, 3.05) is 0 Å². The van der Waals surface area contributed by atoms with Crippen LogP contribution in [0.15, 0.2) is 0 Å². The van der Waals surface area contributed by atoms with Crippen LogP contribution in [0.2, 0.25) is 0 Å². The van der Waals surface area contributed by atoms with Gasteiger partial charge in [-0.05, 0) is 0 Å². The molecular weight excluding hydrogens is 323 g/mol. The molecule has 4 radical (unpaired) electrons. The molecule has 0 aromatic rings. The SMILES string of the molecule is [Cr+4].[O-2].[O-2].[O-2].[O-2].[Pb]. The fourth-order valence-corrected chi connectivity index (χ4v) is 0. The topological polar surface area (TPSA) is 114 Å². The van der Waals surface area contributed by atoms with E-state index in [0.717, 1.165) is 0 Å². The van der Waals surface area contributed by atoms with Crippen LogP contribution in [-0.4, -0.2) is 27.3 Å². The van der Waals surface area contributed by atoms with Gasteiger partial charge in [-0.2, -0.15) is 0 Å². The molecule has 6 heteroatoms. The third kappa shape index (κ3) is 58.3. The predicted molar refractivity (Wildman–Crippen MR) is 8.50 cm³/mol. The van der Waals surface area contributed by atoms with Crippen molar-refractivity contribution < 1.29 is 39.3 Å². The Morgan fingerprint density at radius 3 is 0.500 bits per heavy atom. The van der Waals surface area contributed by atoms with Gasteiger partial charge >= 0.3 is 17.4 Å². The van der Waals surface area contributed by atoms with Crippen LogP contribution >= 0.6 is 0 Å². The molecule has 0 aromatic carbocycles. The molecule has 0 fully saturated rings. The molecule has 0 aliphatic heterocycles. The number of rotatable bonds is 0. The Balaban J connectivity index is 0. The molecule has 6 heavy (non-hydrogen) atoms. The van der Waals surface area contributed by atoms with Crippen molar-refractivity contribution in [1.82, 2.24) is 0 Å². The maximum absolute atomic E-state index is 0. The van der Waals surface area contributed by atoms with Gasteiger partial charge in [-0.25, -0.2) is 0 Å². The zero-order valence-electron chi connectivity index (χ0n) is 2.54. The summed E-state index contributed by atoms with van der Waals surface area (Å²) in [6, 6.07) is 0. The second-order valence-electron chi connectivity index (χ2n) is 0. The molecule has 0 rings (SSSR count). The van der Waals surface area contributed by atoms with Crippen molar-refractivity contribution in [3.05, 3.63) is 0 Å². The minimum atomic E-state index is 0. The first-order chi connectivity index (χ1) is 0. The molecule has 0 aliphatic carbocycles. The largest absolute Gasteiger partial charge is 4.00 e. The third-order valence-electron chi connectivity index (χ3n) is 0. The molecule has 0 aromatic heterocycles. The van der Waals surface area contributed by atoms with Gasteiger partial charge in [0.1, 0.15) is 0 Å². The first kappa shape index (κ1) is 172. The molecule has 0 spiro atoms. The van der Waals surface area contributed by atoms with Gasteiger partial charge in [-0.15, -0.1) is 0 Å². The van der Waals surface area contributed by atoms with Crippen molar-refractivity contribution in [3.8, 4) is 0 Å². The molecule has 0 amide bonds. The van der Waals surface area contributed by atoms with E-state index in [4.69, 9.17) is 0 Å². The molecule has 0 atom stereocenters. The van der Waals surface area contributed by atoms with Gasteiger partial charge in [0, 0.05) is 27.3 Å². The van der Waals surface area contributed by atoms with E-state index in [1.54, 1.807) is 0 Å². The van der Waals surface area contributed by atoms with Crippen molar-refractivity contribution in [1.29, 1.82) is 0 Å². The molecule has 0 unspecified atom stereocenters. The molecule has 0 aliphatic rings. The molecular formula is CrO4Pb-4. The zero-order valence-corrected chi connectivity index (χ0v) is 7.70. The van der Waals surface area contributed by atoms with Gasteiger partial charge in [0.25, 0.3) is 0 Å². The Kier molecular flexibility index (Phi) is 3030. The Morgan fingerprint density at radius 1 is 0.500 bits per heavy atom. The van der Waals surface area contributed by atoms with Crippen LogP contribution < -0.4 is 0 Å². The van der Waals surface area contributed by atoms with Gasteiger partial charge in [0.05, 0.1) is 0 Å². The van der Waals surface area contributed by atoms with E-state index in [2.05, 4.69) is 0 Å². The molecule has 0 heterocycles. The quantitative estimate of drug-likeness (QED) is 0.516. The fourth-order valence-electron chi connectivity index (χ4n) is 0. The Bertz CT molecular complexity index is 7.51. The molecule has 0 saturated heterocycles. The van der Waals surface area contributed by atoms with Gasteiger partial charge < -0.3 is 21.9 Å². The summed E-state index contributed by atoms with van der Waals surface area (Å²) in [5, 5.41) is 0. The summed E-state index contributed by atoms with van der Waals surface area (Å²) >= 11 is 0. The van der Waals surface area contributed by atoms with Gasteiger partial charge in [-0.3, -0.25) is 0 Å². The van der Waals surface area contributed by atoms with Crippen molar-refractivity contribution in [2.24, 2.45) is 0 Å². The second-order valence-corrected chi connectivity index (χ2v) is 0. The zero-order chi connectivity index (χ0) is 0. The molecule has 4 nitrogen and oxygen atoms in total. The van der Waals surface area contributed by atoms with Gasteiger partial charge in [0.15, 0.2) is 0 Å². The number of hydrogen-bond donors (Lipinski definition) is 0. The van der Waals surface area contributed by atoms with E-state index in [1.165, 1.54) is 0 Å². The number of hydrogen-bond acceptors (Lipinski definition) is 0. The summed E-state index contributed by atoms with van der Waals surface area (Å²) in [5.41, 5.74) is 0. The Hall–Kier alpha value is 1.29. The van der Waals surface area contributed by atoms with E-state index in [1.807, 2.05) is 0 Å². The van der Waals surface area contributed by atoms with Crippen LogP contribution in [0.3, 0.4) is 0 Å². The normalized spacial score (nSPS) is 0. The maximum Gasteiger partial charge on any atom is 4.00 e. The second kappa shape index (κ2) is 105. The predicted octanol–water partition coefficient (Wildman–Crippen LogP) is -0.859. The van der Waals surface area contributed by atoms with Crippen LogP contribution in [0.25, 0.3) is 0 Å². The average Bonchev–Trinajstić information content (AvgIpc) is 0. The summed E-state index contributed by atoms with van der Waals surface area (Å²) in [6.45, 7) is 0. The minimum Gasteiger partial charge on any atom is -2.00 e. The smallest absolute Gasteiger partial charge is 2.00 e. The van der Waals surface area contributed by atoms with Gasteiger partial charge in [0.2, 0.25) is 0 Å². The first-order valence-electron chi connectivity index (χ1n) is 0. The summed E-state index contributed by atoms with van der Waals surface area (Å²) in [4.78, 5) is 0. The van der Waals surface area contributed by atoms with Gasteiger partial charge in [-0.1, -0.05) is 0 Å². The van der Waals surface area contributed by atoms with Crippen LogP contribution in [0.4, 0.5) is 0 Å². The molecule has 38 valence electrons. The van der Waals surface area contributed by atoms with E-state index < -0.39 is 0 Å². The summed E-state index contributed by atoms with van der Waals surface area (Å²) in [5.74, 6) is 0. The minimum absolute atomic E-state index is 0. The summed E-state index contributed by atoms with van der Waals surface area (Å²) < 4.78 is 0. The Morgan fingerprint density at radius 2 is 0.500 bits per heavy atom. The first-order valence-corrected chi connectivity index (χ1v) is 0. The molecule has 0 N–H and O–H groups in total. The van der Waals surface area contributed by atoms with E-state index in [-0.39, 0.29) is 66.6 Å². The maximum atomic E-state index is 0. The van der Waals surface area contributed by atoms with Crippen molar-refractivity contribution >= 4 is 27.3 Å². The monoisotopic (exact) mass is 324 g/mol. The third-order valence-corrected chi connectivity index (χ3v) is 0. The molecule has 0 bridgehead atoms. The Labute approximate surface area is 66.4 Å². The standard InChI is InChI=1S/Cr.4O.Pb/q+4;4*-2;. The van der Waals surface area contributed by atoms with Crippen LogP contribution in [0, 0.1) is 0 Å². The van der Waals surface area contributed by atoms with E-state index in [9.17, 15) is 0 Å². The van der Waals surface area contributed by atoms with Crippen LogP contribution in [-0.2, 0) is 39.3 Å². The van der Waals surface area contributed by atoms with Crippen LogP contribution in [0.1, 0.15) is 0 Å². The summed E-state index contributed by atoms with van der Waals surface area (Å²) in [6.07, 6.45) is 0.